The van der Waals surface area contributed by atoms with E-state index in [9.17, 15) is 0 Å². The molecule has 3 heteroatoms. The first-order valence-corrected chi connectivity index (χ1v) is 8.38. The third-order valence-corrected chi connectivity index (χ3v) is 5.63. The van der Waals surface area contributed by atoms with Crippen LogP contribution in [0.4, 0.5) is 0 Å². The first kappa shape index (κ1) is 13.7. The Labute approximate surface area is 110 Å². The molecule has 0 bridgehead atoms. The van der Waals surface area contributed by atoms with Gasteiger partial charge in [-0.05, 0) is 37.5 Å². The van der Waals surface area contributed by atoms with Gasteiger partial charge in [-0.15, -0.1) is 0 Å². The number of hydrogen-bond acceptors (Lipinski definition) is 3. The Morgan fingerprint density at radius 2 is 2.24 bits per heavy atom. The van der Waals surface area contributed by atoms with Crippen molar-refractivity contribution >= 4 is 11.8 Å². The smallest absolute Gasteiger partial charge is 0.0795 e. The molecule has 0 amide bonds. The molecule has 0 aliphatic carbocycles. The van der Waals surface area contributed by atoms with Crippen LogP contribution in [-0.4, -0.2) is 36.3 Å². The van der Waals surface area contributed by atoms with Crippen LogP contribution in [0, 0.1) is 5.92 Å². The van der Waals surface area contributed by atoms with Gasteiger partial charge in [0.05, 0.1) is 5.60 Å². The second-order valence-corrected chi connectivity index (χ2v) is 6.72. The van der Waals surface area contributed by atoms with Gasteiger partial charge >= 0.3 is 0 Å². The molecule has 17 heavy (non-hydrogen) atoms. The van der Waals surface area contributed by atoms with Crippen LogP contribution in [-0.2, 0) is 4.74 Å². The molecule has 2 aliphatic heterocycles. The van der Waals surface area contributed by atoms with E-state index < -0.39 is 0 Å². The lowest BCUT2D eigenvalue weighted by Crippen LogP contribution is -2.48. The standard InChI is InChI=1S/C14H27NOS/c1-3-12(4-2)10-15-13-5-7-16-14(9-13)6-8-17-11-14/h12-13,15H,3-11H2,1-2H3/t13-,14+/m0/s1. The minimum absolute atomic E-state index is 0.231. The van der Waals surface area contributed by atoms with Gasteiger partial charge in [-0.25, -0.2) is 0 Å². The van der Waals surface area contributed by atoms with Gasteiger partial charge in [-0.3, -0.25) is 0 Å². The van der Waals surface area contributed by atoms with E-state index in [1.807, 2.05) is 0 Å². The molecule has 2 saturated heterocycles. The zero-order chi connectivity index (χ0) is 12.1. The molecular weight excluding hydrogens is 230 g/mol. The highest BCUT2D eigenvalue weighted by atomic mass is 32.2. The van der Waals surface area contributed by atoms with Crippen LogP contribution in [0.2, 0.25) is 0 Å². The van der Waals surface area contributed by atoms with Gasteiger partial charge in [0.2, 0.25) is 0 Å². The van der Waals surface area contributed by atoms with E-state index in [2.05, 4.69) is 30.9 Å². The normalized spacial score (nSPS) is 33.7. The molecular formula is C14H27NOS. The summed E-state index contributed by atoms with van der Waals surface area (Å²) in [5.74, 6) is 3.36. The van der Waals surface area contributed by atoms with Crippen molar-refractivity contribution in [3.05, 3.63) is 0 Å². The lowest BCUT2D eigenvalue weighted by Gasteiger charge is -2.38. The van der Waals surface area contributed by atoms with Gasteiger partial charge in [-0.2, -0.15) is 11.8 Å². The number of rotatable bonds is 5. The van der Waals surface area contributed by atoms with Gasteiger partial charge in [0.25, 0.3) is 0 Å². The highest BCUT2D eigenvalue weighted by Crippen LogP contribution is 2.38. The van der Waals surface area contributed by atoms with Gasteiger partial charge in [-0.1, -0.05) is 26.7 Å². The molecule has 2 fully saturated rings. The van der Waals surface area contributed by atoms with E-state index in [0.717, 1.165) is 12.5 Å². The second kappa shape index (κ2) is 6.44. The highest BCUT2D eigenvalue weighted by Gasteiger charge is 2.40. The SMILES string of the molecule is CCC(CC)CN[C@H]1CCO[C@]2(CCSC2)C1. The lowest BCUT2D eigenvalue weighted by molar-refractivity contribution is -0.0704. The highest BCUT2D eigenvalue weighted by molar-refractivity contribution is 7.99. The molecule has 2 heterocycles. The van der Waals surface area contributed by atoms with E-state index in [-0.39, 0.29) is 5.60 Å². The number of thioether (sulfide) groups is 1. The third-order valence-electron chi connectivity index (χ3n) is 4.41. The fourth-order valence-corrected chi connectivity index (χ4v) is 4.35. The van der Waals surface area contributed by atoms with Gasteiger partial charge in [0.1, 0.15) is 0 Å². The molecule has 0 saturated carbocycles. The summed E-state index contributed by atoms with van der Waals surface area (Å²) in [4.78, 5) is 0. The van der Waals surface area contributed by atoms with Gasteiger partial charge < -0.3 is 10.1 Å². The maximum absolute atomic E-state index is 6.06. The minimum Gasteiger partial charge on any atom is -0.374 e. The first-order valence-electron chi connectivity index (χ1n) is 7.23. The monoisotopic (exact) mass is 257 g/mol. The number of ether oxygens (including phenoxy) is 1. The number of nitrogens with one attached hydrogen (secondary N) is 1. The molecule has 2 aliphatic rings. The molecule has 2 atom stereocenters. The van der Waals surface area contributed by atoms with Crippen LogP contribution < -0.4 is 5.32 Å². The average Bonchev–Trinajstić information content (AvgIpc) is 2.79. The molecule has 0 aromatic carbocycles. The third kappa shape index (κ3) is 3.62. The van der Waals surface area contributed by atoms with Crippen molar-refractivity contribution in [2.24, 2.45) is 5.92 Å². The van der Waals surface area contributed by atoms with Crippen LogP contribution in [0.5, 0.6) is 0 Å². The summed E-state index contributed by atoms with van der Waals surface area (Å²) in [6.07, 6.45) is 6.30. The van der Waals surface area contributed by atoms with E-state index >= 15 is 0 Å². The van der Waals surface area contributed by atoms with Crippen LogP contribution in [0.25, 0.3) is 0 Å². The van der Waals surface area contributed by atoms with E-state index in [1.54, 1.807) is 0 Å². The molecule has 0 radical (unpaired) electrons. The summed E-state index contributed by atoms with van der Waals surface area (Å²) in [5, 5.41) is 3.79. The predicted octanol–water partition coefficient (Wildman–Crippen LogP) is 3.07. The predicted molar refractivity (Wildman–Crippen MR) is 75.7 cm³/mol. The van der Waals surface area contributed by atoms with Crippen molar-refractivity contribution in [1.82, 2.24) is 5.32 Å². The molecule has 1 N–H and O–H groups in total. The van der Waals surface area contributed by atoms with E-state index in [1.165, 1.54) is 50.2 Å². The summed E-state index contributed by atoms with van der Waals surface area (Å²) < 4.78 is 6.06. The van der Waals surface area contributed by atoms with Crippen LogP contribution in [0.1, 0.15) is 46.0 Å². The van der Waals surface area contributed by atoms with E-state index in [0.29, 0.717) is 6.04 Å². The molecule has 2 rings (SSSR count). The van der Waals surface area contributed by atoms with Gasteiger partial charge in [0, 0.05) is 18.4 Å². The number of hydrogen-bond donors (Lipinski definition) is 1. The Morgan fingerprint density at radius 3 is 2.88 bits per heavy atom. The Balaban J connectivity index is 1.77. The van der Waals surface area contributed by atoms with Crippen molar-refractivity contribution in [3.63, 3.8) is 0 Å². The van der Waals surface area contributed by atoms with Crippen LogP contribution >= 0.6 is 11.8 Å². The fraction of sp³-hybridized carbons (Fsp3) is 1.00. The first-order chi connectivity index (χ1) is 8.28. The average molecular weight is 257 g/mol. The van der Waals surface area contributed by atoms with Crippen molar-refractivity contribution in [2.45, 2.75) is 57.6 Å². The van der Waals surface area contributed by atoms with Crippen molar-refractivity contribution in [3.8, 4) is 0 Å². The summed E-state index contributed by atoms with van der Waals surface area (Å²) >= 11 is 2.06. The molecule has 1 spiro atoms. The summed E-state index contributed by atoms with van der Waals surface area (Å²) in [5.41, 5.74) is 0.231. The Bertz CT molecular complexity index is 224. The lowest BCUT2D eigenvalue weighted by atomic mass is 9.89. The minimum atomic E-state index is 0.231. The van der Waals surface area contributed by atoms with Crippen molar-refractivity contribution in [1.29, 1.82) is 0 Å². The zero-order valence-electron chi connectivity index (χ0n) is 11.3. The maximum atomic E-state index is 6.06. The van der Waals surface area contributed by atoms with Crippen LogP contribution in [0.15, 0.2) is 0 Å². The van der Waals surface area contributed by atoms with Crippen molar-refractivity contribution in [2.75, 3.05) is 24.7 Å². The quantitative estimate of drug-likeness (QED) is 0.818. The summed E-state index contributed by atoms with van der Waals surface area (Å²) in [6.45, 7) is 6.76. The zero-order valence-corrected chi connectivity index (χ0v) is 12.2. The van der Waals surface area contributed by atoms with Gasteiger partial charge in [0.15, 0.2) is 0 Å². The molecule has 2 nitrogen and oxygen atoms in total. The maximum Gasteiger partial charge on any atom is 0.0795 e. The Kier molecular flexibility index (Phi) is 5.19. The van der Waals surface area contributed by atoms with Crippen LogP contribution in [0.3, 0.4) is 0 Å². The molecule has 0 aromatic heterocycles. The topological polar surface area (TPSA) is 21.3 Å². The second-order valence-electron chi connectivity index (χ2n) is 5.61. The summed E-state index contributed by atoms with van der Waals surface area (Å²) in [7, 11) is 0. The van der Waals surface area contributed by atoms with E-state index in [4.69, 9.17) is 4.74 Å². The Morgan fingerprint density at radius 1 is 1.41 bits per heavy atom. The Hall–Kier alpha value is 0.270. The summed E-state index contributed by atoms with van der Waals surface area (Å²) in [6, 6.07) is 0.697. The molecule has 0 unspecified atom stereocenters. The molecule has 100 valence electrons. The molecule has 0 aromatic rings. The van der Waals surface area contributed by atoms with Crippen molar-refractivity contribution < 1.29 is 4.74 Å². The largest absolute Gasteiger partial charge is 0.374 e. The fourth-order valence-electron chi connectivity index (χ4n) is 2.98.